The Labute approximate surface area is 79.3 Å². The molecule has 1 aliphatic heterocycles. The van der Waals surface area contributed by atoms with Gasteiger partial charge in [-0.15, -0.1) is 0 Å². The maximum atomic E-state index is 5.30. The highest BCUT2D eigenvalue weighted by atomic mass is 16.3. The van der Waals surface area contributed by atoms with Gasteiger partial charge >= 0.3 is 0 Å². The molecule has 2 nitrogen and oxygen atoms in total. The summed E-state index contributed by atoms with van der Waals surface area (Å²) in [6.07, 6.45) is 6.84. The maximum absolute atomic E-state index is 5.30. The SMILES string of the molecule is c1coc(CCC2CCCNC2)c1. The number of piperidine rings is 1. The third-order valence-electron chi connectivity index (χ3n) is 2.78. The highest BCUT2D eigenvalue weighted by Gasteiger charge is 2.12. The third-order valence-corrected chi connectivity index (χ3v) is 2.78. The number of furan rings is 1. The van der Waals surface area contributed by atoms with Crippen LogP contribution in [0.4, 0.5) is 0 Å². The molecule has 72 valence electrons. The Morgan fingerprint density at radius 1 is 1.54 bits per heavy atom. The highest BCUT2D eigenvalue weighted by Crippen LogP contribution is 2.16. The van der Waals surface area contributed by atoms with Gasteiger partial charge in [0.25, 0.3) is 0 Å². The lowest BCUT2D eigenvalue weighted by Gasteiger charge is -2.21. The van der Waals surface area contributed by atoms with Crippen molar-refractivity contribution in [1.29, 1.82) is 0 Å². The topological polar surface area (TPSA) is 25.2 Å². The minimum absolute atomic E-state index is 0.860. The molecule has 1 fully saturated rings. The molecule has 1 N–H and O–H groups in total. The van der Waals surface area contributed by atoms with Crippen LogP contribution in [0.5, 0.6) is 0 Å². The minimum atomic E-state index is 0.860. The summed E-state index contributed by atoms with van der Waals surface area (Å²) in [7, 11) is 0. The number of hydrogen-bond acceptors (Lipinski definition) is 2. The summed E-state index contributed by atoms with van der Waals surface area (Å²) in [5, 5.41) is 3.43. The third kappa shape index (κ3) is 2.59. The maximum Gasteiger partial charge on any atom is 0.103 e. The van der Waals surface area contributed by atoms with Gasteiger partial charge in [-0.2, -0.15) is 0 Å². The summed E-state index contributed by atoms with van der Waals surface area (Å²) in [6, 6.07) is 4.03. The fraction of sp³-hybridized carbons (Fsp3) is 0.636. The van der Waals surface area contributed by atoms with Gasteiger partial charge in [-0.3, -0.25) is 0 Å². The van der Waals surface area contributed by atoms with E-state index in [0.29, 0.717) is 0 Å². The van der Waals surface area contributed by atoms with Gasteiger partial charge in [-0.25, -0.2) is 0 Å². The molecule has 1 aliphatic rings. The van der Waals surface area contributed by atoms with Gasteiger partial charge in [-0.1, -0.05) is 0 Å². The molecular formula is C11H17NO. The van der Waals surface area contributed by atoms with Gasteiger partial charge in [0, 0.05) is 6.42 Å². The molecule has 1 unspecified atom stereocenters. The Hall–Kier alpha value is -0.760. The van der Waals surface area contributed by atoms with E-state index in [1.54, 1.807) is 6.26 Å². The van der Waals surface area contributed by atoms with Crippen LogP contribution in [0.2, 0.25) is 0 Å². The molecule has 0 radical (unpaired) electrons. The molecule has 1 aromatic heterocycles. The fourth-order valence-corrected chi connectivity index (χ4v) is 1.97. The highest BCUT2D eigenvalue weighted by molar-refractivity contribution is 4.98. The first-order valence-electron chi connectivity index (χ1n) is 5.18. The molecule has 1 aromatic rings. The van der Waals surface area contributed by atoms with E-state index >= 15 is 0 Å². The average Bonchev–Trinajstić information content (AvgIpc) is 2.69. The molecule has 1 saturated heterocycles. The van der Waals surface area contributed by atoms with Gasteiger partial charge in [0.15, 0.2) is 0 Å². The number of hydrogen-bond donors (Lipinski definition) is 1. The normalized spacial score (nSPS) is 23.2. The lowest BCUT2D eigenvalue weighted by Crippen LogP contribution is -2.29. The van der Waals surface area contributed by atoms with E-state index in [-0.39, 0.29) is 0 Å². The van der Waals surface area contributed by atoms with E-state index < -0.39 is 0 Å². The van der Waals surface area contributed by atoms with Crippen molar-refractivity contribution in [2.75, 3.05) is 13.1 Å². The Kier molecular flexibility index (Phi) is 3.03. The van der Waals surface area contributed by atoms with Crippen molar-refractivity contribution in [2.45, 2.75) is 25.7 Å². The van der Waals surface area contributed by atoms with Crippen LogP contribution in [0.3, 0.4) is 0 Å². The van der Waals surface area contributed by atoms with E-state index in [4.69, 9.17) is 4.42 Å². The molecule has 0 amide bonds. The standard InChI is InChI=1S/C11H17NO/c1-3-10(9-12-7-1)5-6-11-4-2-8-13-11/h2,4,8,10,12H,1,3,5-7,9H2. The Bertz CT molecular complexity index is 224. The van der Waals surface area contributed by atoms with Crippen LogP contribution in [0.15, 0.2) is 22.8 Å². The van der Waals surface area contributed by atoms with Crippen LogP contribution in [0, 0.1) is 5.92 Å². The largest absolute Gasteiger partial charge is 0.469 e. The second kappa shape index (κ2) is 4.47. The lowest BCUT2D eigenvalue weighted by atomic mass is 9.94. The van der Waals surface area contributed by atoms with Crippen molar-refractivity contribution in [3.05, 3.63) is 24.2 Å². The second-order valence-electron chi connectivity index (χ2n) is 3.83. The van der Waals surface area contributed by atoms with E-state index in [0.717, 1.165) is 18.1 Å². The second-order valence-corrected chi connectivity index (χ2v) is 3.83. The zero-order chi connectivity index (χ0) is 8.93. The van der Waals surface area contributed by atoms with Gasteiger partial charge in [0.2, 0.25) is 0 Å². The molecule has 2 heterocycles. The summed E-state index contributed by atoms with van der Waals surface area (Å²) in [6.45, 7) is 2.40. The van der Waals surface area contributed by atoms with Gasteiger partial charge in [0.05, 0.1) is 6.26 Å². The van der Waals surface area contributed by atoms with Crippen molar-refractivity contribution in [1.82, 2.24) is 5.32 Å². The van der Waals surface area contributed by atoms with Gasteiger partial charge in [-0.05, 0) is 50.4 Å². The van der Waals surface area contributed by atoms with Crippen molar-refractivity contribution in [3.8, 4) is 0 Å². The Morgan fingerprint density at radius 3 is 3.23 bits per heavy atom. The number of aryl methyl sites for hydroxylation is 1. The molecule has 0 bridgehead atoms. The first-order chi connectivity index (χ1) is 6.45. The molecule has 0 spiro atoms. The summed E-state index contributed by atoms with van der Waals surface area (Å²) in [5.41, 5.74) is 0. The molecular weight excluding hydrogens is 162 g/mol. The molecule has 0 saturated carbocycles. The average molecular weight is 179 g/mol. The van der Waals surface area contributed by atoms with E-state index in [2.05, 4.69) is 11.4 Å². The van der Waals surface area contributed by atoms with Crippen molar-refractivity contribution < 1.29 is 4.42 Å². The molecule has 2 rings (SSSR count). The van der Waals surface area contributed by atoms with Crippen LogP contribution in [0.1, 0.15) is 25.0 Å². The first kappa shape index (κ1) is 8.82. The van der Waals surface area contributed by atoms with Crippen LogP contribution in [0.25, 0.3) is 0 Å². The van der Waals surface area contributed by atoms with Gasteiger partial charge < -0.3 is 9.73 Å². The predicted octanol–water partition coefficient (Wildman–Crippen LogP) is 2.21. The quantitative estimate of drug-likeness (QED) is 0.769. The summed E-state index contributed by atoms with van der Waals surface area (Å²) < 4.78 is 5.30. The van der Waals surface area contributed by atoms with E-state index in [1.807, 2.05) is 6.07 Å². The summed E-state index contributed by atoms with van der Waals surface area (Å²) >= 11 is 0. The molecule has 2 heteroatoms. The van der Waals surface area contributed by atoms with Crippen molar-refractivity contribution in [3.63, 3.8) is 0 Å². The number of rotatable bonds is 3. The molecule has 13 heavy (non-hydrogen) atoms. The Morgan fingerprint density at radius 2 is 2.54 bits per heavy atom. The van der Waals surface area contributed by atoms with Crippen LogP contribution in [-0.4, -0.2) is 13.1 Å². The monoisotopic (exact) mass is 179 g/mol. The van der Waals surface area contributed by atoms with Crippen molar-refractivity contribution >= 4 is 0 Å². The van der Waals surface area contributed by atoms with E-state index in [9.17, 15) is 0 Å². The zero-order valence-corrected chi connectivity index (χ0v) is 7.96. The van der Waals surface area contributed by atoms with Crippen LogP contribution < -0.4 is 5.32 Å². The molecule has 0 aromatic carbocycles. The van der Waals surface area contributed by atoms with E-state index in [1.165, 1.54) is 32.4 Å². The molecule has 0 aliphatic carbocycles. The van der Waals surface area contributed by atoms with Crippen LogP contribution in [-0.2, 0) is 6.42 Å². The summed E-state index contributed by atoms with van der Waals surface area (Å²) in [5.74, 6) is 1.99. The lowest BCUT2D eigenvalue weighted by molar-refractivity contribution is 0.348. The molecule has 1 atom stereocenters. The summed E-state index contributed by atoms with van der Waals surface area (Å²) in [4.78, 5) is 0. The first-order valence-corrected chi connectivity index (χ1v) is 5.18. The zero-order valence-electron chi connectivity index (χ0n) is 7.96. The van der Waals surface area contributed by atoms with Gasteiger partial charge in [0.1, 0.15) is 5.76 Å². The van der Waals surface area contributed by atoms with Crippen LogP contribution >= 0.6 is 0 Å². The predicted molar refractivity (Wildman–Crippen MR) is 52.6 cm³/mol. The minimum Gasteiger partial charge on any atom is -0.469 e. The fourth-order valence-electron chi connectivity index (χ4n) is 1.97. The Balaban J connectivity index is 1.72. The number of nitrogens with one attached hydrogen (secondary N) is 1. The smallest absolute Gasteiger partial charge is 0.103 e. The van der Waals surface area contributed by atoms with Crippen molar-refractivity contribution in [2.24, 2.45) is 5.92 Å².